The van der Waals surface area contributed by atoms with Gasteiger partial charge in [0.1, 0.15) is 0 Å². The summed E-state index contributed by atoms with van der Waals surface area (Å²) >= 11 is 0. The van der Waals surface area contributed by atoms with E-state index in [1.54, 1.807) is 23.8 Å². The van der Waals surface area contributed by atoms with E-state index in [9.17, 15) is 14.4 Å². The normalized spacial score (nSPS) is 34.7. The second-order valence-electron chi connectivity index (χ2n) is 7.28. The minimum atomic E-state index is -0.295. The smallest absolute Gasteiger partial charge is 0.241 e. The Hall–Kier alpha value is -1.59. The Morgan fingerprint density at radius 3 is 2.14 bits per heavy atom. The number of piperazine rings is 1. The van der Waals surface area contributed by atoms with Crippen LogP contribution in [-0.4, -0.2) is 59.7 Å². The number of nitrogens with zero attached hydrogens (tertiary/aromatic N) is 2. The summed E-state index contributed by atoms with van der Waals surface area (Å²) in [5.41, 5.74) is -0.387. The largest absolute Gasteiger partial charge is 0.351 e. The van der Waals surface area contributed by atoms with Crippen molar-refractivity contribution in [2.24, 2.45) is 5.41 Å². The van der Waals surface area contributed by atoms with E-state index in [2.05, 4.69) is 5.32 Å². The molecule has 3 amide bonds. The van der Waals surface area contributed by atoms with Gasteiger partial charge in [0.05, 0.1) is 6.54 Å². The van der Waals surface area contributed by atoms with Gasteiger partial charge in [-0.25, -0.2) is 0 Å². The van der Waals surface area contributed by atoms with E-state index >= 15 is 0 Å². The minimum Gasteiger partial charge on any atom is -0.351 e. The lowest BCUT2D eigenvalue weighted by molar-refractivity contribution is -0.156. The zero-order valence-electron chi connectivity index (χ0n) is 13.5. The molecule has 0 aromatic carbocycles. The number of likely N-dealkylation sites (N-methyl/N-ethyl adjacent to an activating group) is 1. The second kappa shape index (κ2) is 5.25. The monoisotopic (exact) mass is 307 g/mol. The number of hydrogen-bond donors (Lipinski definition) is 1. The van der Waals surface area contributed by atoms with Crippen molar-refractivity contribution in [2.45, 2.75) is 51.0 Å². The van der Waals surface area contributed by atoms with Gasteiger partial charge < -0.3 is 15.1 Å². The average Bonchev–Trinajstić information content (AvgIpc) is 2.50. The molecule has 3 saturated carbocycles. The van der Waals surface area contributed by atoms with Gasteiger partial charge in [-0.1, -0.05) is 0 Å². The number of hydrogen-bond acceptors (Lipinski definition) is 3. The Morgan fingerprint density at radius 1 is 1.05 bits per heavy atom. The Bertz CT molecular complexity index is 492. The van der Waals surface area contributed by atoms with Crippen LogP contribution in [0.4, 0.5) is 0 Å². The van der Waals surface area contributed by atoms with Gasteiger partial charge >= 0.3 is 0 Å². The lowest BCUT2D eigenvalue weighted by Crippen LogP contribution is -2.61. The predicted molar refractivity (Wildman–Crippen MR) is 80.9 cm³/mol. The quantitative estimate of drug-likeness (QED) is 0.808. The van der Waals surface area contributed by atoms with Gasteiger partial charge in [-0.05, 0) is 38.5 Å². The number of fused-ring (bicyclic) bond motifs is 3. The van der Waals surface area contributed by atoms with Gasteiger partial charge in [0.2, 0.25) is 17.7 Å². The molecule has 6 nitrogen and oxygen atoms in total. The summed E-state index contributed by atoms with van der Waals surface area (Å²) < 4.78 is 0. The first-order valence-electron chi connectivity index (χ1n) is 8.18. The van der Waals surface area contributed by atoms with Gasteiger partial charge in [-0.15, -0.1) is 0 Å². The highest BCUT2D eigenvalue weighted by Gasteiger charge is 2.54. The third-order valence-corrected chi connectivity index (χ3v) is 5.89. The molecule has 4 aliphatic rings. The maximum Gasteiger partial charge on any atom is 0.241 e. The fourth-order valence-electron chi connectivity index (χ4n) is 4.33. The van der Waals surface area contributed by atoms with Crippen LogP contribution < -0.4 is 5.32 Å². The molecule has 22 heavy (non-hydrogen) atoms. The van der Waals surface area contributed by atoms with E-state index in [-0.39, 0.29) is 35.2 Å². The van der Waals surface area contributed by atoms with Crippen LogP contribution in [0.3, 0.4) is 0 Å². The molecular formula is C16H25N3O3. The first kappa shape index (κ1) is 15.3. The highest BCUT2D eigenvalue weighted by molar-refractivity contribution is 5.89. The second-order valence-corrected chi connectivity index (χ2v) is 7.28. The maximum absolute atomic E-state index is 13.0. The van der Waals surface area contributed by atoms with E-state index in [1.807, 2.05) is 0 Å². The minimum absolute atomic E-state index is 0.0189. The molecule has 1 heterocycles. The van der Waals surface area contributed by atoms with Crippen molar-refractivity contribution in [3.63, 3.8) is 0 Å². The van der Waals surface area contributed by atoms with Crippen molar-refractivity contribution in [2.75, 3.05) is 26.7 Å². The Kier molecular flexibility index (Phi) is 3.65. The van der Waals surface area contributed by atoms with Crippen LogP contribution >= 0.6 is 0 Å². The van der Waals surface area contributed by atoms with E-state index in [0.29, 0.717) is 13.1 Å². The zero-order chi connectivity index (χ0) is 16.0. The van der Waals surface area contributed by atoms with E-state index in [0.717, 1.165) is 38.5 Å². The van der Waals surface area contributed by atoms with E-state index in [4.69, 9.17) is 0 Å². The van der Waals surface area contributed by atoms with Crippen LogP contribution in [0, 0.1) is 5.41 Å². The van der Waals surface area contributed by atoms with Gasteiger partial charge in [-0.3, -0.25) is 14.4 Å². The molecule has 122 valence electrons. The van der Waals surface area contributed by atoms with Gasteiger partial charge in [0, 0.05) is 38.0 Å². The van der Waals surface area contributed by atoms with Crippen LogP contribution in [-0.2, 0) is 14.4 Å². The molecule has 2 bridgehead atoms. The first-order chi connectivity index (χ1) is 10.4. The number of carbonyl (C=O) groups is 3. The van der Waals surface area contributed by atoms with Crippen LogP contribution in [0.1, 0.15) is 45.4 Å². The van der Waals surface area contributed by atoms with Crippen molar-refractivity contribution in [3.8, 4) is 0 Å². The predicted octanol–water partition coefficient (Wildman–Crippen LogP) is 0.516. The molecule has 0 radical (unpaired) electrons. The highest BCUT2D eigenvalue weighted by atomic mass is 16.2. The Labute approximate surface area is 131 Å². The highest BCUT2D eigenvalue weighted by Crippen LogP contribution is 2.53. The molecule has 1 N–H and O–H groups in total. The molecule has 4 rings (SSSR count). The van der Waals surface area contributed by atoms with Crippen LogP contribution in [0.5, 0.6) is 0 Å². The molecular weight excluding hydrogens is 282 g/mol. The van der Waals surface area contributed by atoms with Gasteiger partial charge in [0.25, 0.3) is 0 Å². The van der Waals surface area contributed by atoms with E-state index in [1.165, 1.54) is 0 Å². The number of rotatable bonds is 2. The SMILES string of the molecule is CC(=O)NC12CCC(C(=O)N3CCN(C)C(=O)C3)(CC1)CC2. The number of carbonyl (C=O) groups excluding carboxylic acids is 3. The van der Waals surface area contributed by atoms with Gasteiger partial charge in [-0.2, -0.15) is 0 Å². The molecule has 0 unspecified atom stereocenters. The summed E-state index contributed by atoms with van der Waals surface area (Å²) in [6, 6.07) is 0. The van der Waals surface area contributed by atoms with Crippen molar-refractivity contribution >= 4 is 17.7 Å². The molecule has 3 aliphatic carbocycles. The summed E-state index contributed by atoms with van der Waals surface area (Å²) in [5.74, 6) is 0.200. The standard InChI is InChI=1S/C16H25N3O3/c1-12(20)17-16-6-3-15(4-7-16,5-8-16)14(22)19-10-9-18(2)13(21)11-19/h3-11H2,1-2H3,(H,17,20). The third kappa shape index (κ3) is 2.48. The topological polar surface area (TPSA) is 69.7 Å². The Morgan fingerprint density at radius 2 is 1.64 bits per heavy atom. The summed E-state index contributed by atoms with van der Waals surface area (Å²) in [7, 11) is 1.78. The van der Waals surface area contributed by atoms with Crippen molar-refractivity contribution in [1.29, 1.82) is 0 Å². The average molecular weight is 307 g/mol. The van der Waals surface area contributed by atoms with E-state index < -0.39 is 0 Å². The fraction of sp³-hybridized carbons (Fsp3) is 0.812. The molecule has 1 saturated heterocycles. The first-order valence-corrected chi connectivity index (χ1v) is 8.18. The van der Waals surface area contributed by atoms with Crippen molar-refractivity contribution in [1.82, 2.24) is 15.1 Å². The molecule has 0 spiro atoms. The fourth-order valence-corrected chi connectivity index (χ4v) is 4.33. The molecule has 0 aromatic rings. The van der Waals surface area contributed by atoms with Crippen LogP contribution in [0.25, 0.3) is 0 Å². The van der Waals surface area contributed by atoms with Crippen molar-refractivity contribution in [3.05, 3.63) is 0 Å². The molecule has 1 aliphatic heterocycles. The third-order valence-electron chi connectivity index (χ3n) is 5.89. The lowest BCUT2D eigenvalue weighted by Gasteiger charge is -2.54. The number of nitrogens with one attached hydrogen (secondary N) is 1. The summed E-state index contributed by atoms with van der Waals surface area (Å²) in [5, 5.41) is 3.11. The van der Waals surface area contributed by atoms with Gasteiger partial charge in [0.15, 0.2) is 0 Å². The summed E-state index contributed by atoms with van der Waals surface area (Å²) in [6.07, 6.45) is 5.10. The zero-order valence-corrected chi connectivity index (χ0v) is 13.5. The summed E-state index contributed by atoms with van der Waals surface area (Å²) in [4.78, 5) is 39.7. The van der Waals surface area contributed by atoms with Crippen LogP contribution in [0.2, 0.25) is 0 Å². The molecule has 0 aromatic heterocycles. The maximum atomic E-state index is 13.0. The molecule has 0 atom stereocenters. The van der Waals surface area contributed by atoms with Crippen molar-refractivity contribution < 1.29 is 14.4 Å². The molecule has 6 heteroatoms. The molecule has 4 fully saturated rings. The summed E-state index contributed by atoms with van der Waals surface area (Å²) in [6.45, 7) is 3.04. The Balaban J connectivity index is 1.68. The lowest BCUT2D eigenvalue weighted by atomic mass is 9.56. The number of amides is 3. The van der Waals surface area contributed by atoms with Crippen LogP contribution in [0.15, 0.2) is 0 Å².